The van der Waals surface area contributed by atoms with Crippen molar-refractivity contribution in [3.63, 3.8) is 0 Å². The maximum atomic E-state index is 11.5. The predicted molar refractivity (Wildman–Crippen MR) is 67.9 cm³/mol. The van der Waals surface area contributed by atoms with E-state index >= 15 is 0 Å². The summed E-state index contributed by atoms with van der Waals surface area (Å²) in [5.41, 5.74) is 14.8. The Hall–Kier alpha value is -2.62. The summed E-state index contributed by atoms with van der Waals surface area (Å²) in [7, 11) is 0. The molecule has 88 valence electrons. The van der Waals surface area contributed by atoms with E-state index in [-0.39, 0.29) is 0 Å². The molecule has 0 fully saturated rings. The molecular weight excluding hydrogens is 228 g/mol. The molecule has 1 aliphatic rings. The van der Waals surface area contributed by atoms with Crippen molar-refractivity contribution in [2.24, 2.45) is 11.5 Å². The highest BCUT2D eigenvalue weighted by atomic mass is 16.1. The van der Waals surface area contributed by atoms with Crippen LogP contribution in [0.3, 0.4) is 0 Å². The van der Waals surface area contributed by atoms with Crippen LogP contribution in [-0.4, -0.2) is 11.8 Å². The van der Waals surface area contributed by atoms with Crippen LogP contribution < -0.4 is 11.5 Å². The highest BCUT2D eigenvalue weighted by Crippen LogP contribution is 2.44. The van der Waals surface area contributed by atoms with E-state index in [1.807, 2.05) is 24.3 Å². The Kier molecular flexibility index (Phi) is 2.01. The van der Waals surface area contributed by atoms with E-state index in [0.29, 0.717) is 22.3 Å². The van der Waals surface area contributed by atoms with Gasteiger partial charge in [0.1, 0.15) is 0 Å². The average Bonchev–Trinajstić information content (AvgIpc) is 2.60. The summed E-state index contributed by atoms with van der Waals surface area (Å²) in [4.78, 5) is 22.9. The molecule has 0 aliphatic heterocycles. The van der Waals surface area contributed by atoms with E-state index in [1.54, 1.807) is 12.1 Å². The average molecular weight is 238 g/mol. The van der Waals surface area contributed by atoms with Gasteiger partial charge in [-0.1, -0.05) is 18.2 Å². The molecule has 0 saturated heterocycles. The summed E-state index contributed by atoms with van der Waals surface area (Å²) >= 11 is 0. The minimum Gasteiger partial charge on any atom is -0.366 e. The number of fused-ring (bicyclic) bond motifs is 5. The lowest BCUT2D eigenvalue weighted by atomic mass is 9.94. The van der Waals surface area contributed by atoms with E-state index in [9.17, 15) is 9.59 Å². The summed E-state index contributed by atoms with van der Waals surface area (Å²) in [6, 6.07) is 10.7. The van der Waals surface area contributed by atoms with Gasteiger partial charge in [0.2, 0.25) is 11.8 Å². The Bertz CT molecular complexity index is 649. The van der Waals surface area contributed by atoms with E-state index in [2.05, 4.69) is 0 Å². The van der Waals surface area contributed by atoms with Crippen LogP contribution in [0.25, 0.3) is 22.3 Å². The Morgan fingerprint density at radius 3 is 1.61 bits per heavy atom. The second-order valence-electron chi connectivity index (χ2n) is 4.22. The first-order valence-electron chi connectivity index (χ1n) is 5.47. The quantitative estimate of drug-likeness (QED) is 0.709. The molecule has 0 atom stereocenters. The lowest BCUT2D eigenvalue weighted by Crippen LogP contribution is -2.16. The summed E-state index contributed by atoms with van der Waals surface area (Å²) in [6.07, 6.45) is 0. The third-order valence-corrected chi connectivity index (χ3v) is 3.18. The maximum Gasteiger partial charge on any atom is 0.249 e. The van der Waals surface area contributed by atoms with Crippen LogP contribution in [-0.2, 0) is 0 Å². The van der Waals surface area contributed by atoms with Crippen molar-refractivity contribution in [1.29, 1.82) is 0 Å². The van der Waals surface area contributed by atoms with E-state index < -0.39 is 11.8 Å². The molecule has 0 saturated carbocycles. The molecule has 18 heavy (non-hydrogen) atoms. The lowest BCUT2D eigenvalue weighted by Gasteiger charge is -2.10. The Morgan fingerprint density at radius 1 is 0.778 bits per heavy atom. The van der Waals surface area contributed by atoms with Crippen LogP contribution in [0.1, 0.15) is 20.7 Å². The van der Waals surface area contributed by atoms with Gasteiger partial charge in [0.15, 0.2) is 0 Å². The van der Waals surface area contributed by atoms with Gasteiger partial charge in [-0.15, -0.1) is 0 Å². The second kappa shape index (κ2) is 3.43. The topological polar surface area (TPSA) is 86.2 Å². The van der Waals surface area contributed by atoms with Crippen LogP contribution in [0.15, 0.2) is 36.4 Å². The van der Waals surface area contributed by atoms with Gasteiger partial charge in [0, 0.05) is 22.3 Å². The highest BCUT2D eigenvalue weighted by molar-refractivity contribution is 6.12. The first kappa shape index (κ1) is 10.5. The number of hydrogen-bond acceptors (Lipinski definition) is 2. The number of hydrogen-bond donors (Lipinski definition) is 2. The molecule has 0 spiro atoms. The number of rotatable bonds is 2. The van der Waals surface area contributed by atoms with Gasteiger partial charge in [-0.25, -0.2) is 0 Å². The van der Waals surface area contributed by atoms with Gasteiger partial charge in [0.25, 0.3) is 0 Å². The normalized spacial score (nSPS) is 11.1. The van der Waals surface area contributed by atoms with Crippen LogP contribution in [0.5, 0.6) is 0 Å². The first-order valence-corrected chi connectivity index (χ1v) is 5.47. The number of carbonyl (C=O) groups excluding carboxylic acids is 2. The molecule has 4 heteroatoms. The van der Waals surface area contributed by atoms with E-state index in [4.69, 9.17) is 11.5 Å². The third-order valence-electron chi connectivity index (χ3n) is 3.18. The Labute approximate surface area is 103 Å². The van der Waals surface area contributed by atoms with Crippen molar-refractivity contribution in [3.8, 4) is 22.3 Å². The summed E-state index contributed by atoms with van der Waals surface area (Å²) in [5, 5.41) is 0. The summed E-state index contributed by atoms with van der Waals surface area (Å²) < 4.78 is 0. The Morgan fingerprint density at radius 2 is 1.22 bits per heavy atom. The monoisotopic (exact) mass is 238 g/mol. The molecule has 0 heterocycles. The van der Waals surface area contributed by atoms with Crippen molar-refractivity contribution < 1.29 is 9.59 Å². The number of nitrogens with two attached hydrogens (primary N) is 2. The summed E-state index contributed by atoms with van der Waals surface area (Å²) in [6.45, 7) is 0. The van der Waals surface area contributed by atoms with Crippen molar-refractivity contribution in [1.82, 2.24) is 0 Å². The fourth-order valence-electron chi connectivity index (χ4n) is 2.44. The largest absolute Gasteiger partial charge is 0.366 e. The van der Waals surface area contributed by atoms with Crippen LogP contribution in [0.4, 0.5) is 0 Å². The van der Waals surface area contributed by atoms with Gasteiger partial charge in [-0.3, -0.25) is 9.59 Å². The highest BCUT2D eigenvalue weighted by Gasteiger charge is 2.25. The number of amides is 2. The van der Waals surface area contributed by atoms with Crippen LogP contribution in [0, 0.1) is 0 Å². The lowest BCUT2D eigenvalue weighted by molar-refractivity contribution is 0.0989. The zero-order valence-corrected chi connectivity index (χ0v) is 9.44. The van der Waals surface area contributed by atoms with Crippen molar-refractivity contribution in [2.45, 2.75) is 0 Å². The molecule has 0 unspecified atom stereocenters. The van der Waals surface area contributed by atoms with Gasteiger partial charge in [-0.05, 0) is 29.3 Å². The smallest absolute Gasteiger partial charge is 0.249 e. The van der Waals surface area contributed by atoms with Crippen LogP contribution >= 0.6 is 0 Å². The number of carbonyl (C=O) groups is 2. The molecular formula is C14H10N2O2. The zero-order chi connectivity index (χ0) is 12.9. The molecule has 4 N–H and O–H groups in total. The number of primary amides is 2. The standard InChI is InChI=1S/C14H10N2O2/c15-13(17)9-4-5-10(14(16)18)12-8-3-1-2-7(6-8)11(9)12/h1-6H,(H2,15,17)(H2,16,18). The fourth-order valence-corrected chi connectivity index (χ4v) is 2.44. The Balaban J connectivity index is 2.43. The summed E-state index contributed by atoms with van der Waals surface area (Å²) in [5.74, 6) is -1.02. The van der Waals surface area contributed by atoms with Gasteiger partial charge in [-0.2, -0.15) is 0 Å². The molecule has 4 nitrogen and oxygen atoms in total. The number of benzene rings is 2. The first-order chi connectivity index (χ1) is 8.59. The molecule has 0 aromatic heterocycles. The van der Waals surface area contributed by atoms with Gasteiger partial charge >= 0.3 is 0 Å². The van der Waals surface area contributed by atoms with Crippen molar-refractivity contribution in [3.05, 3.63) is 47.5 Å². The molecule has 2 amide bonds. The molecule has 2 aromatic carbocycles. The van der Waals surface area contributed by atoms with E-state index in [0.717, 1.165) is 11.1 Å². The predicted octanol–water partition coefficient (Wildman–Crippen LogP) is 1.53. The minimum atomic E-state index is -0.510. The molecule has 2 bridgehead atoms. The van der Waals surface area contributed by atoms with Gasteiger partial charge in [0.05, 0.1) is 0 Å². The zero-order valence-electron chi connectivity index (χ0n) is 9.44. The molecule has 1 aliphatic carbocycles. The molecule has 0 radical (unpaired) electrons. The van der Waals surface area contributed by atoms with E-state index in [1.165, 1.54) is 0 Å². The molecule has 3 rings (SSSR count). The fraction of sp³-hybridized carbons (Fsp3) is 0. The third kappa shape index (κ3) is 1.26. The van der Waals surface area contributed by atoms with Crippen molar-refractivity contribution in [2.75, 3.05) is 0 Å². The van der Waals surface area contributed by atoms with Gasteiger partial charge < -0.3 is 11.5 Å². The SMILES string of the molecule is NC(=O)c1ccc(C(N)=O)c2c1-c1cccc-2c1. The minimum absolute atomic E-state index is 0.413. The van der Waals surface area contributed by atoms with Crippen molar-refractivity contribution >= 4 is 11.8 Å². The van der Waals surface area contributed by atoms with Crippen LogP contribution in [0.2, 0.25) is 0 Å². The molecule has 2 aromatic rings. The second-order valence-corrected chi connectivity index (χ2v) is 4.22. The maximum absolute atomic E-state index is 11.5.